The van der Waals surface area contributed by atoms with Crippen LogP contribution in [0.15, 0.2) is 12.3 Å². The van der Waals surface area contributed by atoms with Crippen molar-refractivity contribution in [1.82, 2.24) is 9.97 Å². The Morgan fingerprint density at radius 3 is 2.88 bits per heavy atom. The van der Waals surface area contributed by atoms with E-state index in [4.69, 9.17) is 0 Å². The molecule has 0 radical (unpaired) electrons. The molecule has 2 N–H and O–H groups in total. The molecule has 1 aromatic rings. The zero-order valence-corrected chi connectivity index (χ0v) is 10.1. The Hall–Kier alpha value is -1.32. The minimum atomic E-state index is 0.555. The molecular weight excluding hydrogens is 200 g/mol. The third-order valence-corrected chi connectivity index (χ3v) is 3.26. The van der Waals surface area contributed by atoms with Crippen molar-refractivity contribution >= 4 is 11.8 Å². The van der Waals surface area contributed by atoms with Crippen molar-refractivity contribution in [3.63, 3.8) is 0 Å². The molecule has 1 fully saturated rings. The van der Waals surface area contributed by atoms with Crippen LogP contribution in [0, 0.1) is 5.41 Å². The summed E-state index contributed by atoms with van der Waals surface area (Å²) in [4.78, 5) is 8.44. The molecule has 4 heteroatoms. The number of nitrogens with one attached hydrogen (secondary N) is 2. The number of hydrogen-bond acceptors (Lipinski definition) is 4. The van der Waals surface area contributed by atoms with E-state index < -0.39 is 0 Å². The van der Waals surface area contributed by atoms with Crippen LogP contribution in [0.4, 0.5) is 11.8 Å². The van der Waals surface area contributed by atoms with Crippen molar-refractivity contribution in [1.29, 1.82) is 0 Å². The maximum absolute atomic E-state index is 4.35. The molecule has 4 nitrogen and oxygen atoms in total. The molecule has 88 valence electrons. The first-order chi connectivity index (χ1) is 7.78. The summed E-state index contributed by atoms with van der Waals surface area (Å²) in [6.07, 6.45) is 7.09. The highest BCUT2D eigenvalue weighted by atomic mass is 15.1. The summed E-state index contributed by atoms with van der Waals surface area (Å²) >= 11 is 0. The fourth-order valence-electron chi connectivity index (χ4n) is 2.08. The molecule has 0 spiro atoms. The molecular formula is C12H20N4. The van der Waals surface area contributed by atoms with Crippen LogP contribution < -0.4 is 10.6 Å². The maximum Gasteiger partial charge on any atom is 0.224 e. The zero-order valence-electron chi connectivity index (χ0n) is 10.1. The van der Waals surface area contributed by atoms with Gasteiger partial charge in [0, 0.05) is 19.8 Å². The Morgan fingerprint density at radius 1 is 1.44 bits per heavy atom. The van der Waals surface area contributed by atoms with Crippen molar-refractivity contribution in [2.45, 2.75) is 32.6 Å². The van der Waals surface area contributed by atoms with Gasteiger partial charge < -0.3 is 10.6 Å². The molecule has 1 aliphatic carbocycles. The molecule has 0 amide bonds. The fourth-order valence-corrected chi connectivity index (χ4v) is 2.08. The van der Waals surface area contributed by atoms with Crippen LogP contribution in [0.3, 0.4) is 0 Å². The molecule has 16 heavy (non-hydrogen) atoms. The van der Waals surface area contributed by atoms with Crippen molar-refractivity contribution in [3.05, 3.63) is 12.3 Å². The summed E-state index contributed by atoms with van der Waals surface area (Å²) in [5.74, 6) is 1.59. The Bertz CT molecular complexity index is 347. The predicted molar refractivity (Wildman–Crippen MR) is 66.6 cm³/mol. The molecule has 0 unspecified atom stereocenters. The van der Waals surface area contributed by atoms with Crippen LogP contribution in [0.1, 0.15) is 32.6 Å². The van der Waals surface area contributed by atoms with Gasteiger partial charge in [-0.25, -0.2) is 4.98 Å². The summed E-state index contributed by atoms with van der Waals surface area (Å²) in [6, 6.07) is 1.92. The van der Waals surface area contributed by atoms with Gasteiger partial charge in [-0.2, -0.15) is 4.98 Å². The van der Waals surface area contributed by atoms with Crippen molar-refractivity contribution in [3.8, 4) is 0 Å². The van der Waals surface area contributed by atoms with Crippen LogP contribution in [0.25, 0.3) is 0 Å². The molecule has 0 aliphatic heterocycles. The Balaban J connectivity index is 1.89. The van der Waals surface area contributed by atoms with E-state index in [0.29, 0.717) is 11.4 Å². The SMILES string of the molecule is CCCC1(CNc2ccnc(NC)n2)CC1. The summed E-state index contributed by atoms with van der Waals surface area (Å²) < 4.78 is 0. The molecule has 0 saturated heterocycles. The molecule has 0 atom stereocenters. The molecule has 0 aromatic carbocycles. The summed E-state index contributed by atoms with van der Waals surface area (Å²) in [6.45, 7) is 3.30. The zero-order chi connectivity index (χ0) is 11.4. The van der Waals surface area contributed by atoms with Crippen LogP contribution in [-0.2, 0) is 0 Å². The quantitative estimate of drug-likeness (QED) is 0.773. The molecule has 1 aromatic heterocycles. The van der Waals surface area contributed by atoms with Gasteiger partial charge in [0.25, 0.3) is 0 Å². The van der Waals surface area contributed by atoms with Gasteiger partial charge in [0.05, 0.1) is 0 Å². The molecule has 1 aliphatic rings. The molecule has 1 heterocycles. The lowest BCUT2D eigenvalue weighted by atomic mass is 10.0. The largest absolute Gasteiger partial charge is 0.369 e. The van der Waals surface area contributed by atoms with Crippen molar-refractivity contribution in [2.24, 2.45) is 5.41 Å². The second kappa shape index (κ2) is 4.68. The average Bonchev–Trinajstić information content (AvgIpc) is 3.08. The number of hydrogen-bond donors (Lipinski definition) is 2. The number of anilines is 2. The number of nitrogens with zero attached hydrogens (tertiary/aromatic N) is 2. The van der Waals surface area contributed by atoms with Gasteiger partial charge in [-0.15, -0.1) is 0 Å². The van der Waals surface area contributed by atoms with Gasteiger partial charge in [0.1, 0.15) is 5.82 Å². The number of rotatable bonds is 6. The van der Waals surface area contributed by atoms with E-state index in [1.165, 1.54) is 25.7 Å². The van der Waals surface area contributed by atoms with E-state index in [9.17, 15) is 0 Å². The van der Waals surface area contributed by atoms with Crippen LogP contribution in [0.2, 0.25) is 0 Å². The second-order valence-electron chi connectivity index (χ2n) is 4.62. The van der Waals surface area contributed by atoms with Gasteiger partial charge >= 0.3 is 0 Å². The van der Waals surface area contributed by atoms with Gasteiger partial charge in [0.15, 0.2) is 0 Å². The first-order valence-corrected chi connectivity index (χ1v) is 6.03. The first-order valence-electron chi connectivity index (χ1n) is 6.03. The van der Waals surface area contributed by atoms with Gasteiger partial charge in [-0.05, 0) is 30.7 Å². The predicted octanol–water partition coefficient (Wildman–Crippen LogP) is 2.51. The highest BCUT2D eigenvalue weighted by Crippen LogP contribution is 2.49. The summed E-state index contributed by atoms with van der Waals surface area (Å²) in [5.41, 5.74) is 0.555. The second-order valence-corrected chi connectivity index (χ2v) is 4.62. The summed E-state index contributed by atoms with van der Waals surface area (Å²) in [5, 5.41) is 6.36. The van der Waals surface area contributed by atoms with Crippen LogP contribution in [0.5, 0.6) is 0 Å². The minimum absolute atomic E-state index is 0.555. The molecule has 1 saturated carbocycles. The lowest BCUT2D eigenvalue weighted by Gasteiger charge is -2.15. The van der Waals surface area contributed by atoms with E-state index >= 15 is 0 Å². The third-order valence-electron chi connectivity index (χ3n) is 3.26. The lowest BCUT2D eigenvalue weighted by molar-refractivity contribution is 0.485. The van der Waals surface area contributed by atoms with Crippen LogP contribution >= 0.6 is 0 Å². The fraction of sp³-hybridized carbons (Fsp3) is 0.667. The Labute approximate surface area is 96.9 Å². The summed E-state index contributed by atoms with van der Waals surface area (Å²) in [7, 11) is 1.83. The Morgan fingerprint density at radius 2 is 2.25 bits per heavy atom. The van der Waals surface area contributed by atoms with E-state index in [-0.39, 0.29) is 0 Å². The third kappa shape index (κ3) is 2.62. The van der Waals surface area contributed by atoms with E-state index in [1.807, 2.05) is 13.1 Å². The molecule has 0 bridgehead atoms. The van der Waals surface area contributed by atoms with Crippen molar-refractivity contribution < 1.29 is 0 Å². The minimum Gasteiger partial charge on any atom is -0.369 e. The van der Waals surface area contributed by atoms with E-state index in [1.54, 1.807) is 6.20 Å². The van der Waals surface area contributed by atoms with Gasteiger partial charge in [0.2, 0.25) is 5.95 Å². The normalized spacial score (nSPS) is 16.9. The van der Waals surface area contributed by atoms with Gasteiger partial charge in [-0.3, -0.25) is 0 Å². The van der Waals surface area contributed by atoms with Gasteiger partial charge in [-0.1, -0.05) is 13.3 Å². The smallest absolute Gasteiger partial charge is 0.224 e. The Kier molecular flexibility index (Phi) is 3.27. The van der Waals surface area contributed by atoms with Crippen molar-refractivity contribution in [2.75, 3.05) is 24.2 Å². The highest BCUT2D eigenvalue weighted by Gasteiger charge is 2.41. The molecule has 2 rings (SSSR count). The topological polar surface area (TPSA) is 49.8 Å². The van der Waals surface area contributed by atoms with E-state index in [2.05, 4.69) is 27.5 Å². The average molecular weight is 220 g/mol. The standard InChI is InChI=1S/C12H20N4/c1-3-5-12(6-7-12)9-15-10-4-8-14-11(13-2)16-10/h4,8H,3,5-7,9H2,1-2H3,(H2,13,14,15,16). The van der Waals surface area contributed by atoms with E-state index in [0.717, 1.165) is 12.4 Å². The monoisotopic (exact) mass is 220 g/mol. The maximum atomic E-state index is 4.35. The lowest BCUT2D eigenvalue weighted by Crippen LogP contribution is -2.16. The first kappa shape index (κ1) is 11.2. The number of aromatic nitrogens is 2. The van der Waals surface area contributed by atoms with Crippen LogP contribution in [-0.4, -0.2) is 23.6 Å². The highest BCUT2D eigenvalue weighted by molar-refractivity contribution is 5.39.